The van der Waals surface area contributed by atoms with Crippen LogP contribution in [0.25, 0.3) is 0 Å². The molecule has 0 aromatic heterocycles. The Labute approximate surface area is 161 Å². The molecule has 1 aromatic rings. The van der Waals surface area contributed by atoms with Crippen LogP contribution >= 0.6 is 0 Å². The van der Waals surface area contributed by atoms with Gasteiger partial charge in [-0.3, -0.25) is 9.59 Å². The molecule has 1 heterocycles. The molecule has 1 aliphatic heterocycles. The van der Waals surface area contributed by atoms with E-state index in [1.807, 2.05) is 30.0 Å². The minimum absolute atomic E-state index is 0.0340. The Morgan fingerprint density at radius 2 is 2.04 bits per heavy atom. The van der Waals surface area contributed by atoms with Crippen LogP contribution in [0.4, 0.5) is 5.69 Å². The molecule has 0 bridgehead atoms. The van der Waals surface area contributed by atoms with Crippen LogP contribution in [0, 0.1) is 18.8 Å². The summed E-state index contributed by atoms with van der Waals surface area (Å²) in [6, 6.07) is 5.64. The number of anilines is 1. The van der Waals surface area contributed by atoms with Crippen molar-refractivity contribution < 1.29 is 14.3 Å². The van der Waals surface area contributed by atoms with Crippen molar-refractivity contribution in [2.75, 3.05) is 25.5 Å². The zero-order valence-corrected chi connectivity index (χ0v) is 16.4. The Morgan fingerprint density at radius 1 is 1.26 bits per heavy atom. The van der Waals surface area contributed by atoms with Crippen LogP contribution in [0.15, 0.2) is 30.4 Å². The van der Waals surface area contributed by atoms with Gasteiger partial charge in [-0.15, -0.1) is 0 Å². The molecule has 1 fully saturated rings. The molecule has 1 aliphatic carbocycles. The predicted octanol–water partition coefficient (Wildman–Crippen LogP) is 3.93. The highest BCUT2D eigenvalue weighted by Gasteiger charge is 2.29. The van der Waals surface area contributed by atoms with Crippen molar-refractivity contribution in [1.82, 2.24) is 4.90 Å². The number of allylic oxidation sites excluding steroid dienone is 2. The summed E-state index contributed by atoms with van der Waals surface area (Å²) in [6.07, 6.45) is 9.42. The monoisotopic (exact) mass is 370 g/mol. The van der Waals surface area contributed by atoms with Gasteiger partial charge in [-0.05, 0) is 68.7 Å². The molecule has 0 radical (unpaired) electrons. The molecule has 1 saturated heterocycles. The molecule has 1 atom stereocenters. The lowest BCUT2D eigenvalue weighted by atomic mass is 9.92. The van der Waals surface area contributed by atoms with Gasteiger partial charge in [0.05, 0.1) is 7.11 Å². The van der Waals surface area contributed by atoms with Gasteiger partial charge in [0.2, 0.25) is 11.8 Å². The van der Waals surface area contributed by atoms with Crippen molar-refractivity contribution in [3.05, 3.63) is 35.9 Å². The van der Waals surface area contributed by atoms with Crippen molar-refractivity contribution in [2.24, 2.45) is 11.8 Å². The molecule has 3 rings (SSSR count). The van der Waals surface area contributed by atoms with Crippen LogP contribution in [-0.4, -0.2) is 36.9 Å². The molecule has 0 unspecified atom stereocenters. The summed E-state index contributed by atoms with van der Waals surface area (Å²) in [4.78, 5) is 27.0. The van der Waals surface area contributed by atoms with Crippen molar-refractivity contribution in [3.8, 4) is 5.75 Å². The Bertz CT molecular complexity index is 706. The highest BCUT2D eigenvalue weighted by molar-refractivity contribution is 5.91. The number of carbonyl (C=O) groups excluding carboxylic acids is 2. The standard InChI is InChI=1S/C22H30N2O3/c1-16-14-19(27-2)10-11-20(16)23-21(25)12-9-17-6-5-13-24(15-17)22(26)18-7-3-4-8-18/h3-4,10-11,14,17-18H,5-9,12-13,15H2,1-2H3,(H,23,25)/t17-/m0/s1. The molecule has 27 heavy (non-hydrogen) atoms. The fraction of sp³-hybridized carbons (Fsp3) is 0.545. The number of hydrogen-bond acceptors (Lipinski definition) is 3. The van der Waals surface area contributed by atoms with Gasteiger partial charge in [-0.2, -0.15) is 0 Å². The number of carbonyl (C=O) groups is 2. The third-order valence-electron chi connectivity index (χ3n) is 5.68. The maximum atomic E-state index is 12.6. The molecule has 0 spiro atoms. The highest BCUT2D eigenvalue weighted by atomic mass is 16.5. The van der Waals surface area contributed by atoms with Crippen LogP contribution in [0.2, 0.25) is 0 Å². The highest BCUT2D eigenvalue weighted by Crippen LogP contribution is 2.27. The number of piperidine rings is 1. The van der Waals surface area contributed by atoms with Crippen LogP contribution < -0.4 is 10.1 Å². The van der Waals surface area contributed by atoms with E-state index in [1.165, 1.54) is 0 Å². The lowest BCUT2D eigenvalue weighted by molar-refractivity contribution is -0.137. The molecule has 2 aliphatic rings. The molecule has 2 amide bonds. The smallest absolute Gasteiger partial charge is 0.226 e. The van der Waals surface area contributed by atoms with E-state index in [4.69, 9.17) is 4.74 Å². The summed E-state index contributed by atoms with van der Waals surface area (Å²) in [5.74, 6) is 1.68. The number of ether oxygens (including phenoxy) is 1. The van der Waals surface area contributed by atoms with Crippen LogP contribution in [0.1, 0.15) is 44.1 Å². The van der Waals surface area contributed by atoms with Gasteiger partial charge in [0.1, 0.15) is 5.75 Å². The van der Waals surface area contributed by atoms with E-state index in [1.54, 1.807) is 7.11 Å². The van der Waals surface area contributed by atoms with Crippen LogP contribution in [0.5, 0.6) is 5.75 Å². The Hall–Kier alpha value is -2.30. The average Bonchev–Trinajstić information content (AvgIpc) is 3.22. The summed E-state index contributed by atoms with van der Waals surface area (Å²) < 4.78 is 5.20. The third kappa shape index (κ3) is 5.12. The van der Waals surface area contributed by atoms with Crippen LogP contribution in [0.3, 0.4) is 0 Å². The van der Waals surface area contributed by atoms with Gasteiger partial charge in [0, 0.05) is 31.1 Å². The average molecular weight is 370 g/mol. The summed E-state index contributed by atoms with van der Waals surface area (Å²) >= 11 is 0. The van der Waals surface area contributed by atoms with Gasteiger partial charge in [0.15, 0.2) is 0 Å². The maximum Gasteiger partial charge on any atom is 0.226 e. The van der Waals surface area contributed by atoms with E-state index in [0.717, 1.165) is 62.2 Å². The quantitative estimate of drug-likeness (QED) is 0.772. The zero-order valence-electron chi connectivity index (χ0n) is 16.4. The maximum absolute atomic E-state index is 12.6. The second-order valence-electron chi connectivity index (χ2n) is 7.70. The van der Waals surface area contributed by atoms with E-state index >= 15 is 0 Å². The first-order valence-electron chi connectivity index (χ1n) is 9.95. The Kier molecular flexibility index (Phi) is 6.54. The normalized spacial score (nSPS) is 19.9. The molecule has 1 aromatic carbocycles. The lowest BCUT2D eigenvalue weighted by Gasteiger charge is -2.34. The van der Waals surface area contributed by atoms with Crippen molar-refractivity contribution in [2.45, 2.75) is 45.4 Å². The Morgan fingerprint density at radius 3 is 2.74 bits per heavy atom. The molecular formula is C22H30N2O3. The van der Waals surface area contributed by atoms with Crippen LogP contribution in [-0.2, 0) is 9.59 Å². The number of nitrogens with zero attached hydrogens (tertiary/aromatic N) is 1. The van der Waals surface area contributed by atoms with E-state index in [0.29, 0.717) is 18.2 Å². The van der Waals surface area contributed by atoms with Crippen molar-refractivity contribution >= 4 is 17.5 Å². The van der Waals surface area contributed by atoms with E-state index in [9.17, 15) is 9.59 Å². The first kappa shape index (κ1) is 19.5. The summed E-state index contributed by atoms with van der Waals surface area (Å²) in [6.45, 7) is 3.62. The van der Waals surface area contributed by atoms with Gasteiger partial charge < -0.3 is 15.0 Å². The van der Waals surface area contributed by atoms with Gasteiger partial charge in [-0.1, -0.05) is 12.2 Å². The molecule has 0 saturated carbocycles. The number of amides is 2. The first-order valence-corrected chi connectivity index (χ1v) is 9.95. The number of nitrogens with one attached hydrogen (secondary N) is 1. The van der Waals surface area contributed by atoms with Gasteiger partial charge in [0.25, 0.3) is 0 Å². The minimum Gasteiger partial charge on any atom is -0.497 e. The second kappa shape index (κ2) is 9.07. The summed E-state index contributed by atoms with van der Waals surface area (Å²) in [5.41, 5.74) is 1.82. The van der Waals surface area contributed by atoms with Gasteiger partial charge >= 0.3 is 0 Å². The number of aryl methyl sites for hydroxylation is 1. The Balaban J connectivity index is 1.46. The largest absolute Gasteiger partial charge is 0.497 e. The third-order valence-corrected chi connectivity index (χ3v) is 5.68. The fourth-order valence-electron chi connectivity index (χ4n) is 4.03. The van der Waals surface area contributed by atoms with Crippen molar-refractivity contribution in [1.29, 1.82) is 0 Å². The topological polar surface area (TPSA) is 58.6 Å². The minimum atomic E-state index is 0.0340. The molecule has 146 valence electrons. The summed E-state index contributed by atoms with van der Waals surface area (Å²) in [7, 11) is 1.63. The SMILES string of the molecule is COc1ccc(NC(=O)CC[C@@H]2CCCN(C(=O)C3CC=CC3)C2)c(C)c1. The molecule has 1 N–H and O–H groups in total. The van der Waals surface area contributed by atoms with Gasteiger partial charge in [-0.25, -0.2) is 0 Å². The molecule has 5 nitrogen and oxygen atoms in total. The summed E-state index contributed by atoms with van der Waals surface area (Å²) in [5, 5.41) is 3.00. The number of rotatable bonds is 6. The molecule has 5 heteroatoms. The second-order valence-corrected chi connectivity index (χ2v) is 7.70. The van der Waals surface area contributed by atoms with E-state index in [-0.39, 0.29) is 11.8 Å². The zero-order chi connectivity index (χ0) is 19.2. The number of methoxy groups -OCH3 is 1. The van der Waals surface area contributed by atoms with E-state index in [2.05, 4.69) is 17.5 Å². The number of benzene rings is 1. The molecular weight excluding hydrogens is 340 g/mol. The lowest BCUT2D eigenvalue weighted by Crippen LogP contribution is -2.42. The number of likely N-dealkylation sites (tertiary alicyclic amines) is 1. The fourth-order valence-corrected chi connectivity index (χ4v) is 4.03. The van der Waals surface area contributed by atoms with E-state index < -0.39 is 0 Å². The predicted molar refractivity (Wildman–Crippen MR) is 107 cm³/mol. The first-order chi connectivity index (χ1) is 13.1. The number of hydrogen-bond donors (Lipinski definition) is 1. The van der Waals surface area contributed by atoms with Crippen molar-refractivity contribution in [3.63, 3.8) is 0 Å².